The molecule has 14 heteroatoms. The van der Waals surface area contributed by atoms with E-state index in [-0.39, 0.29) is 34.4 Å². The Morgan fingerprint density at radius 1 is 1.06 bits per heavy atom. The number of ether oxygens (including phenoxy) is 1. The summed E-state index contributed by atoms with van der Waals surface area (Å²) in [5.74, 6) is -0.160. The molecule has 1 saturated heterocycles. The summed E-state index contributed by atoms with van der Waals surface area (Å²) in [5.41, 5.74) is 3.59. The van der Waals surface area contributed by atoms with Gasteiger partial charge in [0.2, 0.25) is 5.91 Å². The van der Waals surface area contributed by atoms with Crippen molar-refractivity contribution in [2.75, 3.05) is 17.2 Å². The maximum absolute atomic E-state index is 13.9. The van der Waals surface area contributed by atoms with Gasteiger partial charge in [0.15, 0.2) is 11.0 Å². The summed E-state index contributed by atoms with van der Waals surface area (Å²) < 4.78 is 56.5. The number of carbonyl (C=O) groups is 2. The average Bonchev–Trinajstić information content (AvgIpc) is 3.66. The minimum atomic E-state index is -4.76. The number of rotatable bonds is 10. The molecular formula is C33H32F4N6O3S. The van der Waals surface area contributed by atoms with Gasteiger partial charge in [0, 0.05) is 12.1 Å². The van der Waals surface area contributed by atoms with E-state index in [1.807, 2.05) is 38.1 Å². The lowest BCUT2D eigenvalue weighted by Gasteiger charge is -2.21. The van der Waals surface area contributed by atoms with E-state index in [1.165, 1.54) is 64.1 Å². The molecule has 1 fully saturated rings. The molecule has 0 radical (unpaired) electrons. The normalized spacial score (nSPS) is 15.0. The largest absolute Gasteiger partial charge is 0.573 e. The van der Waals surface area contributed by atoms with Crippen molar-refractivity contribution >= 4 is 34.6 Å². The number of nitrogens with one attached hydrogen (secondary N) is 1. The fraction of sp³-hybridized carbons (Fsp3) is 0.303. The highest BCUT2D eigenvalue weighted by Gasteiger charge is 2.33. The summed E-state index contributed by atoms with van der Waals surface area (Å²) in [6.45, 7) is 6.30. The van der Waals surface area contributed by atoms with E-state index in [2.05, 4.69) is 32.1 Å². The molecule has 9 nitrogen and oxygen atoms in total. The highest BCUT2D eigenvalue weighted by atomic mass is 32.2. The predicted octanol–water partition coefficient (Wildman–Crippen LogP) is 7.82. The first-order valence-electron chi connectivity index (χ1n) is 14.9. The molecule has 1 aromatic heterocycles. The summed E-state index contributed by atoms with van der Waals surface area (Å²) in [6, 6.07) is 16.8. The minimum Gasteiger partial charge on any atom is -0.406 e. The van der Waals surface area contributed by atoms with Crippen LogP contribution in [0.3, 0.4) is 0 Å². The quantitative estimate of drug-likeness (QED) is 0.137. The Hall–Kier alpha value is -4.72. The number of carbonyl (C=O) groups excluding carboxylic acids is 2. The van der Waals surface area contributed by atoms with Crippen molar-refractivity contribution in [1.82, 2.24) is 20.1 Å². The highest BCUT2D eigenvalue weighted by Crippen LogP contribution is 2.34. The van der Waals surface area contributed by atoms with Gasteiger partial charge in [-0.25, -0.2) is 18.9 Å². The molecule has 2 heterocycles. The Morgan fingerprint density at radius 2 is 1.79 bits per heavy atom. The van der Waals surface area contributed by atoms with E-state index >= 15 is 0 Å². The molecule has 1 N–H and O–H groups in total. The third kappa shape index (κ3) is 8.56. The zero-order chi connectivity index (χ0) is 33.7. The summed E-state index contributed by atoms with van der Waals surface area (Å²) in [7, 11) is 0. The van der Waals surface area contributed by atoms with Gasteiger partial charge in [0.05, 0.1) is 17.1 Å². The van der Waals surface area contributed by atoms with Crippen LogP contribution in [-0.2, 0) is 4.79 Å². The molecule has 0 bridgehead atoms. The monoisotopic (exact) mass is 668 g/mol. The second kappa shape index (κ2) is 14.4. The number of nitrogens with zero attached hydrogens (tertiary/aromatic N) is 5. The van der Waals surface area contributed by atoms with Crippen LogP contribution in [-0.4, -0.2) is 50.5 Å². The number of hydrogen-bond acceptors (Lipinski definition) is 6. The van der Waals surface area contributed by atoms with Crippen molar-refractivity contribution in [3.8, 4) is 22.8 Å². The van der Waals surface area contributed by atoms with E-state index in [0.29, 0.717) is 35.7 Å². The first kappa shape index (κ1) is 33.6. The molecule has 3 aromatic carbocycles. The number of urea groups is 1. The Morgan fingerprint density at radius 3 is 2.47 bits per heavy atom. The van der Waals surface area contributed by atoms with Gasteiger partial charge < -0.3 is 10.1 Å². The first-order chi connectivity index (χ1) is 22.4. The van der Waals surface area contributed by atoms with Gasteiger partial charge in [0.1, 0.15) is 17.9 Å². The molecule has 0 saturated carbocycles. The zero-order valence-corrected chi connectivity index (χ0v) is 26.6. The van der Waals surface area contributed by atoms with Crippen LogP contribution in [0.15, 0.2) is 78.0 Å². The number of thioether (sulfide) groups is 1. The number of aliphatic imine (C=N–C) groups is 1. The van der Waals surface area contributed by atoms with Gasteiger partial charge >= 0.3 is 12.4 Å². The summed E-state index contributed by atoms with van der Waals surface area (Å²) in [6.07, 6.45) is -1.78. The molecule has 1 aliphatic rings. The molecule has 0 aliphatic carbocycles. The predicted molar refractivity (Wildman–Crippen MR) is 172 cm³/mol. The molecule has 246 valence electrons. The van der Waals surface area contributed by atoms with Crippen molar-refractivity contribution < 1.29 is 31.9 Å². The molecule has 4 aromatic rings. The summed E-state index contributed by atoms with van der Waals surface area (Å²) in [4.78, 5) is 35.1. The van der Waals surface area contributed by atoms with Crippen LogP contribution < -0.4 is 15.0 Å². The van der Waals surface area contributed by atoms with E-state index in [9.17, 15) is 27.2 Å². The van der Waals surface area contributed by atoms with Crippen molar-refractivity contribution in [2.45, 2.75) is 51.8 Å². The molecular weight excluding hydrogens is 636 g/mol. The van der Waals surface area contributed by atoms with Crippen LogP contribution in [0.1, 0.15) is 56.6 Å². The Kier molecular flexibility index (Phi) is 10.3. The SMILES string of the molecule is CC(C)c1cc(F)ccc1N1C(=O)CS/C1=N\C(=O)NCCCC(C)c1ccc(-c2ncn(-c3ccc(OC(F)(F)F)cc3)n2)cc1. The standard InChI is InChI=1S/C33H32F4N6O3S/c1-20(2)27-17-24(34)10-15-28(27)43-29(44)18-47-32(43)40-31(45)38-16-4-5-21(3)22-6-8-23(9-7-22)30-39-19-42(41-30)25-11-13-26(14-12-25)46-33(35,36)37/h6-15,17,19-21H,4-5,16,18H2,1-3H3,(H,38,45)/b40-32-. The number of amides is 3. The van der Waals surface area contributed by atoms with Crippen LogP contribution in [0.5, 0.6) is 5.75 Å². The smallest absolute Gasteiger partial charge is 0.406 e. The van der Waals surface area contributed by atoms with Crippen molar-refractivity contribution in [3.05, 3.63) is 90.0 Å². The van der Waals surface area contributed by atoms with Crippen LogP contribution >= 0.6 is 11.8 Å². The van der Waals surface area contributed by atoms with E-state index in [4.69, 9.17) is 0 Å². The zero-order valence-electron chi connectivity index (χ0n) is 25.8. The highest BCUT2D eigenvalue weighted by molar-refractivity contribution is 8.15. The second-order valence-corrected chi connectivity index (χ2v) is 12.2. The van der Waals surface area contributed by atoms with Crippen LogP contribution in [0.4, 0.5) is 28.0 Å². The van der Waals surface area contributed by atoms with E-state index in [1.54, 1.807) is 6.07 Å². The second-order valence-electron chi connectivity index (χ2n) is 11.2. The number of alkyl halides is 3. The lowest BCUT2D eigenvalue weighted by atomic mass is 9.95. The lowest BCUT2D eigenvalue weighted by molar-refractivity contribution is -0.274. The molecule has 1 atom stereocenters. The first-order valence-corrected chi connectivity index (χ1v) is 15.9. The number of hydrogen-bond donors (Lipinski definition) is 1. The third-order valence-electron chi connectivity index (χ3n) is 7.47. The topological polar surface area (TPSA) is 102 Å². The maximum Gasteiger partial charge on any atom is 0.573 e. The number of anilines is 1. The number of amidine groups is 1. The molecule has 47 heavy (non-hydrogen) atoms. The van der Waals surface area contributed by atoms with Crippen molar-refractivity contribution in [2.24, 2.45) is 4.99 Å². The fourth-order valence-corrected chi connectivity index (χ4v) is 5.91. The minimum absolute atomic E-state index is 0.0350. The van der Waals surface area contributed by atoms with E-state index < -0.39 is 18.2 Å². The van der Waals surface area contributed by atoms with Crippen LogP contribution in [0, 0.1) is 5.82 Å². The van der Waals surface area contributed by atoms with Gasteiger partial charge in [0.25, 0.3) is 0 Å². The summed E-state index contributed by atoms with van der Waals surface area (Å²) in [5, 5.41) is 7.50. The molecule has 1 aliphatic heterocycles. The summed E-state index contributed by atoms with van der Waals surface area (Å²) >= 11 is 1.17. The average molecular weight is 669 g/mol. The van der Waals surface area contributed by atoms with E-state index in [0.717, 1.165) is 17.5 Å². The Bertz CT molecular complexity index is 1760. The Balaban J connectivity index is 1.12. The molecule has 1 unspecified atom stereocenters. The van der Waals surface area contributed by atoms with Crippen LogP contribution in [0.25, 0.3) is 17.1 Å². The van der Waals surface area contributed by atoms with Crippen molar-refractivity contribution in [1.29, 1.82) is 0 Å². The molecule has 0 spiro atoms. The van der Waals surface area contributed by atoms with Gasteiger partial charge in [-0.2, -0.15) is 4.99 Å². The van der Waals surface area contributed by atoms with Crippen molar-refractivity contribution in [3.63, 3.8) is 0 Å². The Labute approximate surface area is 273 Å². The van der Waals surface area contributed by atoms with Gasteiger partial charge in [-0.15, -0.1) is 18.3 Å². The van der Waals surface area contributed by atoms with Gasteiger partial charge in [-0.3, -0.25) is 9.69 Å². The van der Waals surface area contributed by atoms with Crippen LogP contribution in [0.2, 0.25) is 0 Å². The maximum atomic E-state index is 13.9. The number of benzene rings is 3. The van der Waals surface area contributed by atoms with Gasteiger partial charge in [-0.05, 0) is 78.3 Å². The number of halogens is 4. The third-order valence-corrected chi connectivity index (χ3v) is 8.39. The molecule has 5 rings (SSSR count). The number of aromatic nitrogens is 3. The molecule has 3 amide bonds. The lowest BCUT2D eigenvalue weighted by Crippen LogP contribution is -2.32. The van der Waals surface area contributed by atoms with Gasteiger partial charge in [-0.1, -0.05) is 56.8 Å². The fourth-order valence-electron chi connectivity index (χ4n) is 5.05.